The van der Waals surface area contributed by atoms with Gasteiger partial charge < -0.3 is 30.1 Å². The monoisotopic (exact) mass is 607 g/mol. The van der Waals surface area contributed by atoms with Gasteiger partial charge in [0.25, 0.3) is 0 Å². The molecule has 1 aromatic rings. The molecule has 3 unspecified atom stereocenters. The normalized spacial score (nSPS) is 29.9. The van der Waals surface area contributed by atoms with E-state index in [4.69, 9.17) is 9.47 Å². The Bertz CT molecular complexity index is 1090. The van der Waals surface area contributed by atoms with Crippen LogP contribution >= 0.6 is 15.9 Å². The zero-order valence-electron chi connectivity index (χ0n) is 23.8. The van der Waals surface area contributed by atoms with E-state index in [-0.39, 0.29) is 41.1 Å². The number of hydrogen-bond donors (Lipinski definition) is 3. The average Bonchev–Trinajstić information content (AvgIpc) is 3.40. The lowest BCUT2D eigenvalue weighted by Gasteiger charge is -2.38. The second kappa shape index (κ2) is 11.0. The summed E-state index contributed by atoms with van der Waals surface area (Å²) in [4.78, 5) is 42.9. The van der Waals surface area contributed by atoms with Gasteiger partial charge in [-0.05, 0) is 69.7 Å². The third-order valence-corrected chi connectivity index (χ3v) is 8.61. The fourth-order valence-corrected chi connectivity index (χ4v) is 7.95. The molecule has 3 amide bonds. The third kappa shape index (κ3) is 5.84. The van der Waals surface area contributed by atoms with E-state index < -0.39 is 35.1 Å². The van der Waals surface area contributed by atoms with E-state index in [1.165, 1.54) is 4.90 Å². The van der Waals surface area contributed by atoms with Gasteiger partial charge in [0.05, 0.1) is 24.5 Å². The molecule has 0 aliphatic carbocycles. The van der Waals surface area contributed by atoms with Crippen LogP contribution in [0.1, 0.15) is 60.8 Å². The zero-order chi connectivity index (χ0) is 28.8. The first-order valence-electron chi connectivity index (χ1n) is 13.8. The molecule has 4 rings (SSSR count). The Labute approximate surface area is 239 Å². The van der Waals surface area contributed by atoms with Crippen molar-refractivity contribution < 1.29 is 29.0 Å². The fourth-order valence-electron chi connectivity index (χ4n) is 7.01. The molecule has 2 bridgehead atoms. The number of halogens is 1. The number of anilines is 1. The molecule has 3 aliphatic rings. The van der Waals surface area contributed by atoms with Gasteiger partial charge in [-0.25, -0.2) is 0 Å². The fraction of sp³-hybridized carbons (Fsp3) is 0.690. The van der Waals surface area contributed by atoms with E-state index in [1.54, 1.807) is 24.3 Å². The van der Waals surface area contributed by atoms with E-state index in [2.05, 4.69) is 47.3 Å². The highest BCUT2D eigenvalue weighted by atomic mass is 79.9. The zero-order valence-corrected chi connectivity index (χ0v) is 25.3. The highest BCUT2D eigenvalue weighted by Crippen LogP contribution is 2.60. The molecule has 0 aromatic heterocycles. The first-order valence-corrected chi connectivity index (χ1v) is 14.7. The predicted molar refractivity (Wildman–Crippen MR) is 152 cm³/mol. The van der Waals surface area contributed by atoms with Crippen LogP contribution < -0.4 is 15.4 Å². The minimum atomic E-state index is -1.13. The Morgan fingerprint density at radius 1 is 1.18 bits per heavy atom. The Kier molecular flexibility index (Phi) is 8.41. The lowest BCUT2D eigenvalue weighted by Crippen LogP contribution is -2.59. The molecule has 6 atom stereocenters. The highest BCUT2D eigenvalue weighted by Gasteiger charge is 2.76. The first kappa shape index (κ1) is 29.8. The van der Waals surface area contributed by atoms with Gasteiger partial charge in [0.15, 0.2) is 0 Å². The van der Waals surface area contributed by atoms with Gasteiger partial charge in [0.2, 0.25) is 17.7 Å². The van der Waals surface area contributed by atoms with E-state index in [0.29, 0.717) is 30.9 Å². The van der Waals surface area contributed by atoms with Crippen molar-refractivity contribution in [1.82, 2.24) is 10.2 Å². The molecule has 3 fully saturated rings. The van der Waals surface area contributed by atoms with Gasteiger partial charge in [0, 0.05) is 29.2 Å². The van der Waals surface area contributed by atoms with Crippen molar-refractivity contribution in [3.8, 4) is 5.75 Å². The number of nitrogens with zero attached hydrogens (tertiary/aromatic N) is 1. The van der Waals surface area contributed by atoms with Crippen LogP contribution in [0.15, 0.2) is 24.3 Å². The molecule has 3 heterocycles. The lowest BCUT2D eigenvalue weighted by molar-refractivity contribution is -0.142. The summed E-state index contributed by atoms with van der Waals surface area (Å²) < 4.78 is 12.0. The Balaban J connectivity index is 1.63. The number of rotatable bonds is 10. The summed E-state index contributed by atoms with van der Waals surface area (Å²) in [5.41, 5.74) is -1.08. The van der Waals surface area contributed by atoms with Crippen LogP contribution in [0.25, 0.3) is 0 Å². The number of fused-ring (bicyclic) bond motifs is 1. The largest absolute Gasteiger partial charge is 0.494 e. The molecule has 10 heteroatoms. The van der Waals surface area contributed by atoms with E-state index in [1.807, 2.05) is 20.8 Å². The van der Waals surface area contributed by atoms with Gasteiger partial charge in [-0.3, -0.25) is 14.4 Å². The molecule has 39 heavy (non-hydrogen) atoms. The summed E-state index contributed by atoms with van der Waals surface area (Å²) in [5, 5.41) is 15.7. The Morgan fingerprint density at radius 2 is 1.85 bits per heavy atom. The summed E-state index contributed by atoms with van der Waals surface area (Å²) in [5.74, 6) is -1.73. The number of ether oxygens (including phenoxy) is 2. The van der Waals surface area contributed by atoms with Crippen LogP contribution in [0.3, 0.4) is 0 Å². The van der Waals surface area contributed by atoms with Crippen molar-refractivity contribution in [2.45, 2.75) is 88.9 Å². The second-order valence-corrected chi connectivity index (χ2v) is 14.0. The van der Waals surface area contributed by atoms with E-state index >= 15 is 0 Å². The number of likely N-dealkylation sites (tertiary alicyclic amines) is 1. The number of nitrogens with one attached hydrogen (secondary N) is 2. The third-order valence-electron chi connectivity index (χ3n) is 7.76. The SMILES string of the molecule is CCOc1ccc(NC(=O)[C@H]2[C@H]3C(=O)N(CCCO)C(C(=O)NC(C)(C)CC(C)(C)C)C34CC(Br)[C@@H]2O4)cc1. The van der Waals surface area contributed by atoms with Crippen molar-refractivity contribution in [2.75, 3.05) is 25.1 Å². The first-order chi connectivity index (χ1) is 18.2. The topological polar surface area (TPSA) is 117 Å². The second-order valence-electron chi connectivity index (χ2n) is 12.8. The van der Waals surface area contributed by atoms with E-state index in [9.17, 15) is 19.5 Å². The molecule has 1 spiro atoms. The van der Waals surface area contributed by atoms with Gasteiger partial charge in [-0.15, -0.1) is 0 Å². The van der Waals surface area contributed by atoms with Crippen molar-refractivity contribution in [3.05, 3.63) is 24.3 Å². The molecule has 9 nitrogen and oxygen atoms in total. The quantitative estimate of drug-likeness (QED) is 0.351. The standard InChI is InChI=1S/C29H42BrN3O6/c1-7-38-18-11-9-17(10-12-18)31-24(35)20-21-26(37)33(13-8-14-34)23(29(21)15-19(30)22(20)39-29)25(36)32-28(5,6)16-27(2,3)4/h9-12,19-23,34H,7-8,13-16H2,1-6H3,(H,31,35)(H,32,36)/t19?,20-,21-,22-,23?,29?/m0/s1. The van der Waals surface area contributed by atoms with Crippen molar-refractivity contribution in [1.29, 1.82) is 0 Å². The smallest absolute Gasteiger partial charge is 0.246 e. The predicted octanol–water partition coefficient (Wildman–Crippen LogP) is 3.49. The van der Waals surface area contributed by atoms with Crippen LogP contribution in [0.4, 0.5) is 5.69 Å². The summed E-state index contributed by atoms with van der Waals surface area (Å²) in [7, 11) is 0. The Hall–Kier alpha value is -2.17. The van der Waals surface area contributed by atoms with Crippen LogP contribution in [-0.2, 0) is 19.1 Å². The number of alkyl halides is 1. The van der Waals surface area contributed by atoms with Gasteiger partial charge in [-0.1, -0.05) is 36.7 Å². The number of amides is 3. The van der Waals surface area contributed by atoms with Crippen molar-refractivity contribution >= 4 is 39.3 Å². The maximum absolute atomic E-state index is 14.0. The minimum Gasteiger partial charge on any atom is -0.494 e. The minimum absolute atomic E-state index is 0.0208. The maximum atomic E-state index is 14.0. The van der Waals surface area contributed by atoms with E-state index in [0.717, 1.165) is 6.42 Å². The lowest BCUT2D eigenvalue weighted by atomic mass is 9.70. The number of carbonyl (C=O) groups is 3. The molecular weight excluding hydrogens is 566 g/mol. The molecule has 3 N–H and O–H groups in total. The number of hydrogen-bond acceptors (Lipinski definition) is 6. The molecule has 3 aliphatic heterocycles. The summed E-state index contributed by atoms with van der Waals surface area (Å²) >= 11 is 3.69. The number of aliphatic hydroxyl groups is 1. The van der Waals surface area contributed by atoms with Crippen LogP contribution in [-0.4, -0.2) is 75.6 Å². The summed E-state index contributed by atoms with van der Waals surface area (Å²) in [6.45, 7) is 12.9. The van der Waals surface area contributed by atoms with Crippen molar-refractivity contribution in [3.63, 3.8) is 0 Å². The average molecular weight is 609 g/mol. The van der Waals surface area contributed by atoms with Gasteiger partial charge in [0.1, 0.15) is 17.4 Å². The number of benzene rings is 1. The van der Waals surface area contributed by atoms with Crippen LogP contribution in [0.2, 0.25) is 0 Å². The molecule has 1 aromatic carbocycles. The van der Waals surface area contributed by atoms with Crippen LogP contribution in [0.5, 0.6) is 5.75 Å². The molecular formula is C29H42BrN3O6. The van der Waals surface area contributed by atoms with Crippen LogP contribution in [0, 0.1) is 17.3 Å². The molecule has 0 radical (unpaired) electrons. The van der Waals surface area contributed by atoms with Crippen molar-refractivity contribution in [2.24, 2.45) is 17.3 Å². The maximum Gasteiger partial charge on any atom is 0.246 e. The number of aliphatic hydroxyl groups excluding tert-OH is 1. The molecule has 216 valence electrons. The van der Waals surface area contributed by atoms with Gasteiger partial charge in [-0.2, -0.15) is 0 Å². The number of carbonyl (C=O) groups excluding carboxylic acids is 3. The van der Waals surface area contributed by atoms with Gasteiger partial charge >= 0.3 is 0 Å². The summed E-state index contributed by atoms with van der Waals surface area (Å²) in [6, 6.07) is 6.19. The highest BCUT2D eigenvalue weighted by molar-refractivity contribution is 9.09. The summed E-state index contributed by atoms with van der Waals surface area (Å²) in [6.07, 6.45) is 0.957. The Morgan fingerprint density at radius 3 is 2.44 bits per heavy atom. The molecule has 3 saturated heterocycles. The molecule has 0 saturated carbocycles.